The third-order valence-corrected chi connectivity index (χ3v) is 2.31. The van der Waals surface area contributed by atoms with E-state index in [1.165, 1.54) is 34.8 Å². The minimum Gasteiger partial charge on any atom is -0.467 e. The number of rotatable bonds is 6. The van der Waals surface area contributed by atoms with Crippen molar-refractivity contribution in [1.29, 1.82) is 0 Å². The highest BCUT2D eigenvalue weighted by molar-refractivity contribution is 5.90. The number of aliphatic hydroxyl groups is 1. The van der Waals surface area contributed by atoms with Crippen LogP contribution in [0, 0.1) is 0 Å². The standard InChI is InChI=1S/C12H22N2O5/c1-7(11(17)19-5)13-10(16)9(14-8(2)15)6-12(3,4)18/h7,9,18H,6H2,1-5H3,(H,13,16)(H,14,15). The molecule has 0 saturated carbocycles. The quantitative estimate of drug-likeness (QED) is 0.557. The van der Waals surface area contributed by atoms with Crippen LogP contribution in [0.2, 0.25) is 0 Å². The minimum atomic E-state index is -1.13. The number of nitrogens with one attached hydrogen (secondary N) is 2. The zero-order valence-electron chi connectivity index (χ0n) is 11.9. The number of hydrogen-bond acceptors (Lipinski definition) is 5. The number of carbonyl (C=O) groups excluding carboxylic acids is 3. The van der Waals surface area contributed by atoms with Gasteiger partial charge in [0.15, 0.2) is 0 Å². The van der Waals surface area contributed by atoms with Crippen molar-refractivity contribution in [2.45, 2.75) is 51.8 Å². The maximum Gasteiger partial charge on any atom is 0.328 e. The lowest BCUT2D eigenvalue weighted by Gasteiger charge is -2.25. The van der Waals surface area contributed by atoms with E-state index in [-0.39, 0.29) is 6.42 Å². The Labute approximate surface area is 112 Å². The lowest BCUT2D eigenvalue weighted by atomic mass is 9.98. The second kappa shape index (κ2) is 7.08. The summed E-state index contributed by atoms with van der Waals surface area (Å²) >= 11 is 0. The topological polar surface area (TPSA) is 105 Å². The highest BCUT2D eigenvalue weighted by Gasteiger charge is 2.28. The van der Waals surface area contributed by atoms with Gasteiger partial charge in [-0.1, -0.05) is 0 Å². The van der Waals surface area contributed by atoms with Gasteiger partial charge in [-0.15, -0.1) is 0 Å². The van der Waals surface area contributed by atoms with Gasteiger partial charge in [0, 0.05) is 13.3 Å². The zero-order valence-corrected chi connectivity index (χ0v) is 11.9. The number of amides is 2. The van der Waals surface area contributed by atoms with Crippen LogP contribution in [0.3, 0.4) is 0 Å². The molecule has 2 atom stereocenters. The molecule has 2 amide bonds. The molecule has 0 heterocycles. The number of hydrogen-bond donors (Lipinski definition) is 3. The van der Waals surface area contributed by atoms with Gasteiger partial charge in [-0.25, -0.2) is 4.79 Å². The van der Waals surface area contributed by atoms with Crippen LogP contribution in [0.25, 0.3) is 0 Å². The van der Waals surface area contributed by atoms with Gasteiger partial charge >= 0.3 is 5.97 Å². The maximum atomic E-state index is 11.9. The summed E-state index contributed by atoms with van der Waals surface area (Å²) < 4.78 is 4.48. The Morgan fingerprint density at radius 3 is 2.16 bits per heavy atom. The molecule has 0 radical (unpaired) electrons. The van der Waals surface area contributed by atoms with Crippen molar-refractivity contribution < 1.29 is 24.2 Å². The number of esters is 1. The smallest absolute Gasteiger partial charge is 0.328 e. The molecular weight excluding hydrogens is 252 g/mol. The van der Waals surface area contributed by atoms with Gasteiger partial charge in [0.25, 0.3) is 0 Å². The summed E-state index contributed by atoms with van der Waals surface area (Å²) in [6.45, 7) is 5.80. The molecule has 0 aromatic rings. The fraction of sp³-hybridized carbons (Fsp3) is 0.750. The van der Waals surface area contributed by atoms with E-state index in [0.717, 1.165) is 0 Å². The predicted octanol–water partition coefficient (Wildman–Crippen LogP) is -0.670. The summed E-state index contributed by atoms with van der Waals surface area (Å²) in [7, 11) is 1.22. The Morgan fingerprint density at radius 2 is 1.79 bits per heavy atom. The molecule has 0 spiro atoms. The molecule has 0 aliphatic carbocycles. The summed E-state index contributed by atoms with van der Waals surface area (Å²) in [6, 6.07) is -1.74. The average Bonchev–Trinajstić information content (AvgIpc) is 2.24. The molecule has 110 valence electrons. The Bertz CT molecular complexity index is 349. The van der Waals surface area contributed by atoms with E-state index in [2.05, 4.69) is 15.4 Å². The van der Waals surface area contributed by atoms with E-state index in [4.69, 9.17) is 0 Å². The van der Waals surface area contributed by atoms with Gasteiger partial charge in [-0.3, -0.25) is 9.59 Å². The highest BCUT2D eigenvalue weighted by atomic mass is 16.5. The molecule has 0 aromatic carbocycles. The molecule has 0 rings (SSSR count). The fourth-order valence-corrected chi connectivity index (χ4v) is 1.50. The van der Waals surface area contributed by atoms with Crippen LogP contribution in [0.5, 0.6) is 0 Å². The van der Waals surface area contributed by atoms with Gasteiger partial charge in [-0.05, 0) is 20.8 Å². The van der Waals surface area contributed by atoms with Gasteiger partial charge in [-0.2, -0.15) is 0 Å². The maximum absolute atomic E-state index is 11.9. The van der Waals surface area contributed by atoms with Gasteiger partial charge in [0.05, 0.1) is 12.7 Å². The van der Waals surface area contributed by atoms with Crippen molar-refractivity contribution in [2.24, 2.45) is 0 Å². The zero-order chi connectivity index (χ0) is 15.2. The number of ether oxygens (including phenoxy) is 1. The average molecular weight is 274 g/mol. The largest absolute Gasteiger partial charge is 0.467 e. The third kappa shape index (κ3) is 7.40. The summed E-state index contributed by atoms with van der Waals surface area (Å²) in [5, 5.41) is 14.6. The van der Waals surface area contributed by atoms with Crippen molar-refractivity contribution in [3.63, 3.8) is 0 Å². The monoisotopic (exact) mass is 274 g/mol. The Balaban J connectivity index is 4.72. The van der Waals surface area contributed by atoms with E-state index in [1.807, 2.05) is 0 Å². The first-order valence-electron chi connectivity index (χ1n) is 5.94. The molecule has 0 aliphatic heterocycles. The van der Waals surface area contributed by atoms with E-state index < -0.39 is 35.5 Å². The van der Waals surface area contributed by atoms with Crippen LogP contribution in [0.1, 0.15) is 34.1 Å². The molecule has 0 bridgehead atoms. The van der Waals surface area contributed by atoms with Crippen LogP contribution >= 0.6 is 0 Å². The molecule has 19 heavy (non-hydrogen) atoms. The summed E-state index contributed by atoms with van der Waals surface area (Å²) in [4.78, 5) is 34.2. The van der Waals surface area contributed by atoms with Crippen LogP contribution in [0.4, 0.5) is 0 Å². The van der Waals surface area contributed by atoms with Crippen LogP contribution in [0.15, 0.2) is 0 Å². The summed E-state index contributed by atoms with van der Waals surface area (Å²) in [5.74, 6) is -1.52. The second-order valence-corrected chi connectivity index (χ2v) is 5.02. The van der Waals surface area contributed by atoms with Crippen LogP contribution in [-0.2, 0) is 19.1 Å². The van der Waals surface area contributed by atoms with Gasteiger partial charge in [0.1, 0.15) is 12.1 Å². The van der Waals surface area contributed by atoms with Crippen LogP contribution < -0.4 is 10.6 Å². The number of carbonyl (C=O) groups is 3. The molecule has 7 heteroatoms. The van der Waals surface area contributed by atoms with E-state index >= 15 is 0 Å². The Kier molecular flexibility index (Phi) is 6.47. The summed E-state index contributed by atoms with van der Waals surface area (Å²) in [5.41, 5.74) is -1.13. The normalized spacial score (nSPS) is 14.2. The lowest BCUT2D eigenvalue weighted by Crippen LogP contribution is -2.52. The number of methoxy groups -OCH3 is 1. The van der Waals surface area contributed by atoms with Crippen molar-refractivity contribution >= 4 is 17.8 Å². The molecular formula is C12H22N2O5. The first-order chi connectivity index (χ1) is 8.56. The molecule has 0 aromatic heterocycles. The highest BCUT2D eigenvalue weighted by Crippen LogP contribution is 2.11. The summed E-state index contributed by atoms with van der Waals surface area (Å²) in [6.07, 6.45) is 0.0340. The van der Waals surface area contributed by atoms with E-state index in [1.54, 1.807) is 0 Å². The van der Waals surface area contributed by atoms with Crippen molar-refractivity contribution in [3.05, 3.63) is 0 Å². The molecule has 0 aliphatic rings. The van der Waals surface area contributed by atoms with Crippen LogP contribution in [-0.4, -0.2) is 47.7 Å². The molecule has 3 N–H and O–H groups in total. The molecule has 0 fully saturated rings. The minimum absolute atomic E-state index is 0.0340. The second-order valence-electron chi connectivity index (χ2n) is 5.02. The van der Waals surface area contributed by atoms with E-state index in [9.17, 15) is 19.5 Å². The lowest BCUT2D eigenvalue weighted by molar-refractivity contribution is -0.145. The Morgan fingerprint density at radius 1 is 1.26 bits per heavy atom. The molecule has 0 saturated heterocycles. The van der Waals surface area contributed by atoms with Crippen molar-refractivity contribution in [2.75, 3.05) is 7.11 Å². The first kappa shape index (κ1) is 17.4. The SMILES string of the molecule is COC(=O)C(C)NC(=O)C(CC(C)(C)O)NC(C)=O. The predicted molar refractivity (Wildman–Crippen MR) is 68.1 cm³/mol. The third-order valence-electron chi connectivity index (χ3n) is 2.31. The molecule has 2 unspecified atom stereocenters. The van der Waals surface area contributed by atoms with Gasteiger partial charge < -0.3 is 20.5 Å². The van der Waals surface area contributed by atoms with E-state index in [0.29, 0.717) is 0 Å². The first-order valence-corrected chi connectivity index (χ1v) is 5.94. The Hall–Kier alpha value is -1.63. The van der Waals surface area contributed by atoms with Gasteiger partial charge in [0.2, 0.25) is 11.8 Å². The molecule has 7 nitrogen and oxygen atoms in total. The van der Waals surface area contributed by atoms with Crippen molar-refractivity contribution in [3.8, 4) is 0 Å². The van der Waals surface area contributed by atoms with Crippen molar-refractivity contribution in [1.82, 2.24) is 10.6 Å². The fourth-order valence-electron chi connectivity index (χ4n) is 1.50.